The van der Waals surface area contributed by atoms with Gasteiger partial charge in [-0.05, 0) is 39.2 Å². The molecule has 17 heavy (non-hydrogen) atoms. The summed E-state index contributed by atoms with van der Waals surface area (Å²) in [6.45, 7) is 4.45. The van der Waals surface area contributed by atoms with Crippen LogP contribution in [0.5, 0.6) is 0 Å². The summed E-state index contributed by atoms with van der Waals surface area (Å²) in [6, 6.07) is 16.6. The summed E-state index contributed by atoms with van der Waals surface area (Å²) in [7, 11) is 0. The zero-order chi connectivity index (χ0) is 12.5. The monoisotopic (exact) mass is 289 g/mol. The molecule has 0 aliphatic rings. The van der Waals surface area contributed by atoms with Crippen molar-refractivity contribution in [1.29, 1.82) is 0 Å². The molecule has 2 heteroatoms. The molecule has 0 bridgehead atoms. The minimum Gasteiger partial charge on any atom is -0.398 e. The Balaban J connectivity index is 2.48. The van der Waals surface area contributed by atoms with Crippen LogP contribution in [0.1, 0.15) is 25.0 Å². The number of nitrogen functional groups attached to an aromatic ring is 1. The summed E-state index contributed by atoms with van der Waals surface area (Å²) in [5.74, 6) is 0. The SMILES string of the molecule is CC(C)(c1ccccc1)c1ccc(N)c(Br)c1. The largest absolute Gasteiger partial charge is 0.398 e. The van der Waals surface area contributed by atoms with E-state index in [4.69, 9.17) is 5.73 Å². The lowest BCUT2D eigenvalue weighted by Gasteiger charge is -2.26. The van der Waals surface area contributed by atoms with E-state index in [0.29, 0.717) is 0 Å². The lowest BCUT2D eigenvalue weighted by atomic mass is 9.78. The fourth-order valence-electron chi connectivity index (χ4n) is 1.94. The summed E-state index contributed by atoms with van der Waals surface area (Å²) in [5, 5.41) is 0. The Morgan fingerprint density at radius 3 is 2.18 bits per heavy atom. The number of halogens is 1. The third kappa shape index (κ3) is 2.37. The fraction of sp³-hybridized carbons (Fsp3) is 0.200. The minimum absolute atomic E-state index is 0.0164. The van der Waals surface area contributed by atoms with Gasteiger partial charge in [-0.2, -0.15) is 0 Å². The van der Waals surface area contributed by atoms with Gasteiger partial charge in [-0.15, -0.1) is 0 Å². The zero-order valence-electron chi connectivity index (χ0n) is 10.1. The standard InChI is InChI=1S/C15H16BrN/c1-15(2,11-6-4-3-5-7-11)12-8-9-14(17)13(16)10-12/h3-10H,17H2,1-2H3. The van der Waals surface area contributed by atoms with Crippen molar-refractivity contribution in [1.82, 2.24) is 0 Å². The Morgan fingerprint density at radius 1 is 0.941 bits per heavy atom. The predicted molar refractivity (Wildman–Crippen MR) is 77.1 cm³/mol. The van der Waals surface area contributed by atoms with Crippen molar-refractivity contribution >= 4 is 21.6 Å². The van der Waals surface area contributed by atoms with Crippen molar-refractivity contribution in [3.63, 3.8) is 0 Å². The first-order chi connectivity index (χ1) is 8.01. The van der Waals surface area contributed by atoms with Crippen molar-refractivity contribution in [3.8, 4) is 0 Å². The molecule has 2 aromatic rings. The first kappa shape index (κ1) is 12.2. The topological polar surface area (TPSA) is 26.0 Å². The summed E-state index contributed by atoms with van der Waals surface area (Å²) >= 11 is 3.49. The molecule has 0 amide bonds. The molecule has 0 aliphatic heterocycles. The third-order valence-electron chi connectivity index (χ3n) is 3.22. The maximum atomic E-state index is 5.82. The number of nitrogens with two attached hydrogens (primary N) is 1. The molecule has 0 saturated heterocycles. The molecule has 0 fully saturated rings. The highest BCUT2D eigenvalue weighted by atomic mass is 79.9. The highest BCUT2D eigenvalue weighted by Crippen LogP contribution is 2.34. The van der Waals surface area contributed by atoms with Crippen LogP contribution in [0.2, 0.25) is 0 Å². The van der Waals surface area contributed by atoms with Crippen molar-refractivity contribution in [2.24, 2.45) is 0 Å². The van der Waals surface area contributed by atoms with Gasteiger partial charge in [-0.3, -0.25) is 0 Å². The van der Waals surface area contributed by atoms with Crippen LogP contribution in [0.3, 0.4) is 0 Å². The van der Waals surface area contributed by atoms with Crippen molar-refractivity contribution in [2.45, 2.75) is 19.3 Å². The van der Waals surface area contributed by atoms with Crippen LogP contribution in [-0.4, -0.2) is 0 Å². The molecule has 0 heterocycles. The van der Waals surface area contributed by atoms with Crippen molar-refractivity contribution in [2.75, 3.05) is 5.73 Å². The molecule has 0 radical (unpaired) electrons. The number of benzene rings is 2. The molecule has 88 valence electrons. The minimum atomic E-state index is -0.0164. The summed E-state index contributed by atoms with van der Waals surface area (Å²) in [6.07, 6.45) is 0. The quantitative estimate of drug-likeness (QED) is 0.817. The lowest BCUT2D eigenvalue weighted by Crippen LogP contribution is -2.18. The molecule has 0 atom stereocenters. The number of rotatable bonds is 2. The van der Waals surface area contributed by atoms with Crippen molar-refractivity contribution < 1.29 is 0 Å². The fourth-order valence-corrected chi connectivity index (χ4v) is 2.32. The molecule has 1 nitrogen and oxygen atoms in total. The van der Waals surface area contributed by atoms with Crippen LogP contribution in [-0.2, 0) is 5.41 Å². The smallest absolute Gasteiger partial charge is 0.0458 e. The molecular weight excluding hydrogens is 274 g/mol. The maximum absolute atomic E-state index is 5.82. The normalized spacial score (nSPS) is 11.5. The van der Waals surface area contributed by atoms with E-state index < -0.39 is 0 Å². The van der Waals surface area contributed by atoms with E-state index in [1.807, 2.05) is 12.1 Å². The third-order valence-corrected chi connectivity index (χ3v) is 3.90. The predicted octanol–water partition coefficient (Wildman–Crippen LogP) is 4.36. The molecule has 0 aliphatic carbocycles. The van der Waals surface area contributed by atoms with Gasteiger partial charge in [-0.25, -0.2) is 0 Å². The Morgan fingerprint density at radius 2 is 1.59 bits per heavy atom. The summed E-state index contributed by atoms with van der Waals surface area (Å²) < 4.78 is 0.957. The van der Waals surface area contributed by atoms with E-state index in [2.05, 4.69) is 66.2 Å². The van der Waals surface area contributed by atoms with Gasteiger partial charge in [0.2, 0.25) is 0 Å². The Hall–Kier alpha value is -1.28. The van der Waals surface area contributed by atoms with Crippen LogP contribution >= 0.6 is 15.9 Å². The highest BCUT2D eigenvalue weighted by Gasteiger charge is 2.23. The highest BCUT2D eigenvalue weighted by molar-refractivity contribution is 9.10. The molecule has 2 rings (SSSR count). The van der Waals surface area contributed by atoms with Gasteiger partial charge in [0.25, 0.3) is 0 Å². The summed E-state index contributed by atoms with van der Waals surface area (Å²) in [4.78, 5) is 0. The van der Waals surface area contributed by atoms with Gasteiger partial charge in [0.15, 0.2) is 0 Å². The van der Waals surface area contributed by atoms with Gasteiger partial charge in [-0.1, -0.05) is 50.2 Å². The second-order valence-corrected chi connectivity index (χ2v) is 5.58. The van der Waals surface area contributed by atoms with Gasteiger partial charge in [0.05, 0.1) is 0 Å². The van der Waals surface area contributed by atoms with Gasteiger partial charge in [0, 0.05) is 15.6 Å². The van der Waals surface area contributed by atoms with E-state index >= 15 is 0 Å². The number of hydrogen-bond acceptors (Lipinski definition) is 1. The van der Waals surface area contributed by atoms with Crippen LogP contribution in [0.15, 0.2) is 53.0 Å². The first-order valence-electron chi connectivity index (χ1n) is 5.63. The molecule has 2 N–H and O–H groups in total. The average Bonchev–Trinajstić information content (AvgIpc) is 2.33. The molecule has 0 aromatic heterocycles. The Kier molecular flexibility index (Phi) is 3.25. The van der Waals surface area contributed by atoms with Crippen LogP contribution < -0.4 is 5.73 Å². The van der Waals surface area contributed by atoms with E-state index in [0.717, 1.165) is 10.2 Å². The van der Waals surface area contributed by atoms with Crippen LogP contribution in [0, 0.1) is 0 Å². The van der Waals surface area contributed by atoms with E-state index in [9.17, 15) is 0 Å². The number of anilines is 1. The summed E-state index contributed by atoms with van der Waals surface area (Å²) in [5.41, 5.74) is 9.14. The second-order valence-electron chi connectivity index (χ2n) is 4.73. The molecule has 2 aromatic carbocycles. The average molecular weight is 290 g/mol. The zero-order valence-corrected chi connectivity index (χ0v) is 11.7. The Labute approximate surface area is 111 Å². The van der Waals surface area contributed by atoms with Gasteiger partial charge >= 0.3 is 0 Å². The first-order valence-corrected chi connectivity index (χ1v) is 6.42. The molecule has 0 saturated carbocycles. The van der Waals surface area contributed by atoms with Gasteiger partial charge in [0.1, 0.15) is 0 Å². The van der Waals surface area contributed by atoms with Gasteiger partial charge < -0.3 is 5.73 Å². The van der Waals surface area contributed by atoms with E-state index in [-0.39, 0.29) is 5.41 Å². The molecule has 0 spiro atoms. The second kappa shape index (κ2) is 4.53. The van der Waals surface area contributed by atoms with Crippen LogP contribution in [0.25, 0.3) is 0 Å². The number of hydrogen-bond donors (Lipinski definition) is 1. The van der Waals surface area contributed by atoms with E-state index in [1.54, 1.807) is 0 Å². The van der Waals surface area contributed by atoms with E-state index in [1.165, 1.54) is 11.1 Å². The van der Waals surface area contributed by atoms with Crippen LogP contribution in [0.4, 0.5) is 5.69 Å². The Bertz CT molecular complexity index is 518. The molecular formula is C15H16BrN. The molecule has 0 unspecified atom stereocenters. The maximum Gasteiger partial charge on any atom is 0.0458 e. The lowest BCUT2D eigenvalue weighted by molar-refractivity contribution is 0.640. The van der Waals surface area contributed by atoms with Crippen molar-refractivity contribution in [3.05, 3.63) is 64.1 Å².